The molecule has 0 aliphatic heterocycles. The monoisotopic (exact) mass is 470 g/mol. The number of amides is 2. The fourth-order valence-electron chi connectivity index (χ4n) is 4.06. The zero-order valence-corrected chi connectivity index (χ0v) is 19.5. The summed E-state index contributed by atoms with van der Waals surface area (Å²) in [6, 6.07) is 15.5. The Morgan fingerprint density at radius 3 is 2.53 bits per heavy atom. The second-order valence-corrected chi connectivity index (χ2v) is 9.19. The summed E-state index contributed by atoms with van der Waals surface area (Å²) in [5.74, 6) is -0.0920. The van der Waals surface area contributed by atoms with Crippen LogP contribution >= 0.6 is 15.9 Å². The number of rotatable bonds is 7. The molecule has 3 rings (SSSR count). The summed E-state index contributed by atoms with van der Waals surface area (Å²) in [5, 5.41) is 3.18. The van der Waals surface area contributed by atoms with Crippen LogP contribution in [0.5, 0.6) is 0 Å². The first kappa shape index (κ1) is 22.5. The van der Waals surface area contributed by atoms with Gasteiger partial charge in [-0.15, -0.1) is 0 Å². The first-order chi connectivity index (χ1) is 14.4. The third-order valence-corrected chi connectivity index (χ3v) is 6.46. The number of halogens is 1. The van der Waals surface area contributed by atoms with E-state index in [1.54, 1.807) is 4.90 Å². The van der Waals surface area contributed by atoms with Crippen molar-refractivity contribution in [1.29, 1.82) is 0 Å². The van der Waals surface area contributed by atoms with E-state index < -0.39 is 6.04 Å². The Bertz CT molecular complexity index is 877. The molecule has 0 spiro atoms. The van der Waals surface area contributed by atoms with Crippen LogP contribution in [0.15, 0.2) is 53.0 Å². The maximum atomic E-state index is 13.3. The number of carbonyl (C=O) groups is 2. The van der Waals surface area contributed by atoms with Crippen molar-refractivity contribution >= 4 is 27.7 Å². The van der Waals surface area contributed by atoms with Gasteiger partial charge in [-0.3, -0.25) is 9.59 Å². The zero-order valence-electron chi connectivity index (χ0n) is 17.9. The van der Waals surface area contributed by atoms with Gasteiger partial charge in [-0.25, -0.2) is 0 Å². The number of hydrogen-bond acceptors (Lipinski definition) is 2. The van der Waals surface area contributed by atoms with Crippen LogP contribution < -0.4 is 5.32 Å². The maximum absolute atomic E-state index is 13.3. The van der Waals surface area contributed by atoms with E-state index in [1.807, 2.05) is 62.4 Å². The van der Waals surface area contributed by atoms with Gasteiger partial charge in [-0.2, -0.15) is 0 Å². The van der Waals surface area contributed by atoms with Crippen LogP contribution in [0, 0.1) is 6.92 Å². The van der Waals surface area contributed by atoms with Crippen LogP contribution in [0.4, 0.5) is 0 Å². The molecule has 0 aromatic heterocycles. The lowest BCUT2D eigenvalue weighted by Gasteiger charge is -2.31. The number of hydrogen-bond donors (Lipinski definition) is 1. The zero-order chi connectivity index (χ0) is 21.5. The summed E-state index contributed by atoms with van der Waals surface area (Å²) in [7, 11) is 0. The molecular formula is C25H31BrN2O2. The van der Waals surface area contributed by atoms with E-state index in [0.29, 0.717) is 13.0 Å². The first-order valence-electron chi connectivity index (χ1n) is 10.8. The molecule has 0 radical (unpaired) electrons. The number of nitrogens with one attached hydrogen (secondary N) is 1. The maximum Gasteiger partial charge on any atom is 0.242 e. The summed E-state index contributed by atoms with van der Waals surface area (Å²) in [5.41, 5.74) is 3.09. The van der Waals surface area contributed by atoms with Crippen LogP contribution in [-0.4, -0.2) is 28.8 Å². The van der Waals surface area contributed by atoms with Crippen LogP contribution in [0.2, 0.25) is 0 Å². The van der Waals surface area contributed by atoms with Crippen molar-refractivity contribution in [2.24, 2.45) is 0 Å². The second-order valence-electron chi connectivity index (χ2n) is 8.27. The summed E-state index contributed by atoms with van der Waals surface area (Å²) in [6.07, 6.45) is 5.91. The Morgan fingerprint density at radius 1 is 1.10 bits per heavy atom. The molecule has 2 aromatic carbocycles. The van der Waals surface area contributed by atoms with Gasteiger partial charge in [0.1, 0.15) is 6.04 Å². The smallest absolute Gasteiger partial charge is 0.242 e. The average Bonchev–Trinajstić information content (AvgIpc) is 2.74. The lowest BCUT2D eigenvalue weighted by molar-refractivity contribution is -0.140. The van der Waals surface area contributed by atoms with Gasteiger partial charge in [0.05, 0.1) is 6.42 Å². The minimum absolute atomic E-state index is 0.0319. The molecule has 0 bridgehead atoms. The topological polar surface area (TPSA) is 49.4 Å². The third-order valence-electron chi connectivity index (χ3n) is 5.96. The summed E-state index contributed by atoms with van der Waals surface area (Å²) in [6.45, 7) is 4.26. The summed E-state index contributed by atoms with van der Waals surface area (Å²) < 4.78 is 0.964. The Balaban J connectivity index is 1.77. The summed E-state index contributed by atoms with van der Waals surface area (Å²) in [4.78, 5) is 28.1. The third kappa shape index (κ3) is 6.18. The lowest BCUT2D eigenvalue weighted by Crippen LogP contribution is -2.50. The molecule has 1 saturated carbocycles. The fourth-order valence-corrected chi connectivity index (χ4v) is 4.50. The number of carbonyl (C=O) groups excluding carboxylic acids is 2. The minimum Gasteiger partial charge on any atom is -0.352 e. The quantitative estimate of drug-likeness (QED) is 0.606. The molecule has 0 saturated heterocycles. The number of aryl methyl sites for hydroxylation is 1. The molecule has 1 N–H and O–H groups in total. The Hall–Kier alpha value is -2.14. The van der Waals surface area contributed by atoms with Gasteiger partial charge in [0.2, 0.25) is 11.8 Å². The van der Waals surface area contributed by atoms with Crippen molar-refractivity contribution in [2.45, 2.75) is 71.0 Å². The molecule has 2 aromatic rings. The molecule has 1 aliphatic carbocycles. The van der Waals surface area contributed by atoms with Crippen LogP contribution in [-0.2, 0) is 22.6 Å². The van der Waals surface area contributed by atoms with Crippen molar-refractivity contribution in [3.8, 4) is 0 Å². The predicted molar refractivity (Wildman–Crippen MR) is 124 cm³/mol. The SMILES string of the molecule is Cc1ccccc1CC(=O)N(Cc1cccc(Br)c1)[C@H](C)C(=O)NC1CCCCC1. The highest BCUT2D eigenvalue weighted by molar-refractivity contribution is 9.10. The second kappa shape index (κ2) is 10.8. The van der Waals surface area contributed by atoms with Crippen molar-refractivity contribution in [1.82, 2.24) is 10.2 Å². The Labute approximate surface area is 188 Å². The van der Waals surface area contributed by atoms with E-state index in [2.05, 4.69) is 21.2 Å². The molecule has 160 valence electrons. The molecular weight excluding hydrogens is 440 g/mol. The molecule has 30 heavy (non-hydrogen) atoms. The Morgan fingerprint density at radius 2 is 1.83 bits per heavy atom. The molecule has 0 unspecified atom stereocenters. The van der Waals surface area contributed by atoms with E-state index in [4.69, 9.17) is 0 Å². The van der Waals surface area contributed by atoms with Gasteiger partial charge >= 0.3 is 0 Å². The van der Waals surface area contributed by atoms with E-state index in [-0.39, 0.29) is 17.9 Å². The first-order valence-corrected chi connectivity index (χ1v) is 11.6. The van der Waals surface area contributed by atoms with Gasteiger partial charge < -0.3 is 10.2 Å². The van der Waals surface area contributed by atoms with Crippen molar-refractivity contribution in [2.75, 3.05) is 0 Å². The van der Waals surface area contributed by atoms with Crippen LogP contribution in [0.3, 0.4) is 0 Å². The van der Waals surface area contributed by atoms with Crippen molar-refractivity contribution in [3.63, 3.8) is 0 Å². The lowest BCUT2D eigenvalue weighted by atomic mass is 9.95. The van der Waals surface area contributed by atoms with Gasteiger partial charge in [0.25, 0.3) is 0 Å². The largest absolute Gasteiger partial charge is 0.352 e. The predicted octanol–water partition coefficient (Wildman–Crippen LogP) is 5.17. The van der Waals surface area contributed by atoms with Crippen LogP contribution in [0.25, 0.3) is 0 Å². The van der Waals surface area contributed by atoms with Gasteiger partial charge in [0, 0.05) is 17.1 Å². The van der Waals surface area contributed by atoms with Gasteiger partial charge in [0.15, 0.2) is 0 Å². The van der Waals surface area contributed by atoms with E-state index in [9.17, 15) is 9.59 Å². The van der Waals surface area contributed by atoms with Gasteiger partial charge in [-0.05, 0) is 55.5 Å². The van der Waals surface area contributed by atoms with E-state index in [1.165, 1.54) is 6.42 Å². The molecule has 0 heterocycles. The van der Waals surface area contributed by atoms with E-state index in [0.717, 1.165) is 46.8 Å². The minimum atomic E-state index is -0.526. The van der Waals surface area contributed by atoms with Crippen LogP contribution in [0.1, 0.15) is 55.7 Å². The summed E-state index contributed by atoms with van der Waals surface area (Å²) >= 11 is 3.50. The molecule has 1 fully saturated rings. The highest BCUT2D eigenvalue weighted by atomic mass is 79.9. The average molecular weight is 471 g/mol. The molecule has 1 atom stereocenters. The van der Waals surface area contributed by atoms with Gasteiger partial charge in [-0.1, -0.05) is 71.6 Å². The van der Waals surface area contributed by atoms with E-state index >= 15 is 0 Å². The van der Waals surface area contributed by atoms with Crippen molar-refractivity contribution in [3.05, 3.63) is 69.7 Å². The number of benzene rings is 2. The fraction of sp³-hybridized carbons (Fsp3) is 0.440. The number of nitrogens with zero attached hydrogens (tertiary/aromatic N) is 1. The molecule has 1 aliphatic rings. The standard InChI is InChI=1S/C25H31BrN2O2/c1-18-9-6-7-11-21(18)16-24(29)28(17-20-10-8-12-22(26)15-20)19(2)25(30)27-23-13-4-3-5-14-23/h6-12,15,19,23H,3-5,13-14,16-17H2,1-2H3,(H,27,30)/t19-/m1/s1. The normalized spacial score (nSPS) is 15.4. The Kier molecular flexibility index (Phi) is 8.08. The molecule has 4 nitrogen and oxygen atoms in total. The highest BCUT2D eigenvalue weighted by Gasteiger charge is 2.28. The molecule has 2 amide bonds. The molecule has 5 heteroatoms. The highest BCUT2D eigenvalue weighted by Crippen LogP contribution is 2.20. The van der Waals surface area contributed by atoms with Crippen molar-refractivity contribution < 1.29 is 9.59 Å².